The van der Waals surface area contributed by atoms with Crippen molar-refractivity contribution >= 4 is 17.6 Å². The molecule has 1 aliphatic rings. The highest BCUT2D eigenvalue weighted by molar-refractivity contribution is 5.97. The number of anilines is 1. The van der Waals surface area contributed by atoms with Crippen LogP contribution in [-0.4, -0.2) is 29.9 Å². The summed E-state index contributed by atoms with van der Waals surface area (Å²) in [4.78, 5) is 24.9. The van der Waals surface area contributed by atoms with Crippen LogP contribution in [0.4, 0.5) is 10.5 Å². The van der Waals surface area contributed by atoms with E-state index >= 15 is 0 Å². The van der Waals surface area contributed by atoms with Crippen LogP contribution in [0.5, 0.6) is 0 Å². The molecule has 3 N–H and O–H groups in total. The monoisotopic (exact) mass is 247 g/mol. The van der Waals surface area contributed by atoms with Crippen molar-refractivity contribution in [1.29, 1.82) is 0 Å². The normalized spacial score (nSPS) is 14.6. The first-order valence-corrected chi connectivity index (χ1v) is 6.04. The summed E-state index contributed by atoms with van der Waals surface area (Å²) in [6.45, 7) is 3.40. The van der Waals surface area contributed by atoms with Gasteiger partial charge in [0, 0.05) is 24.3 Å². The van der Waals surface area contributed by atoms with Crippen molar-refractivity contribution in [3.63, 3.8) is 0 Å². The molecular formula is C13H17N3O2. The lowest BCUT2D eigenvalue weighted by molar-refractivity contribution is 0.0999. The van der Waals surface area contributed by atoms with Crippen molar-refractivity contribution in [2.75, 3.05) is 18.4 Å². The van der Waals surface area contributed by atoms with E-state index in [0.717, 1.165) is 31.5 Å². The molecule has 5 nitrogen and oxygen atoms in total. The molecule has 1 aromatic rings. The van der Waals surface area contributed by atoms with E-state index in [1.54, 1.807) is 23.1 Å². The summed E-state index contributed by atoms with van der Waals surface area (Å²) >= 11 is 0. The molecule has 0 atom stereocenters. The highest BCUT2D eigenvalue weighted by Crippen LogP contribution is 2.16. The fourth-order valence-corrected chi connectivity index (χ4v) is 2.09. The fraction of sp³-hybridized carbons (Fsp3) is 0.385. The van der Waals surface area contributed by atoms with Crippen molar-refractivity contribution in [2.45, 2.75) is 19.8 Å². The SMILES string of the molecule is Cc1ccc(NC(=O)N2CCCC2)cc1C(N)=O. The topological polar surface area (TPSA) is 75.4 Å². The summed E-state index contributed by atoms with van der Waals surface area (Å²) in [7, 11) is 0. The van der Waals surface area contributed by atoms with Gasteiger partial charge in [0.2, 0.25) is 5.91 Å². The maximum atomic E-state index is 11.9. The molecule has 0 aromatic heterocycles. The van der Waals surface area contributed by atoms with Gasteiger partial charge in [-0.05, 0) is 37.5 Å². The van der Waals surface area contributed by atoms with Gasteiger partial charge in [0.1, 0.15) is 0 Å². The number of nitrogens with two attached hydrogens (primary N) is 1. The smallest absolute Gasteiger partial charge is 0.321 e. The minimum absolute atomic E-state index is 0.119. The minimum atomic E-state index is -0.482. The molecule has 0 radical (unpaired) electrons. The number of carbonyl (C=O) groups is 2. The number of aryl methyl sites for hydroxylation is 1. The molecule has 18 heavy (non-hydrogen) atoms. The molecule has 0 saturated carbocycles. The van der Waals surface area contributed by atoms with Crippen LogP contribution in [0.1, 0.15) is 28.8 Å². The van der Waals surface area contributed by atoms with Crippen molar-refractivity contribution < 1.29 is 9.59 Å². The highest BCUT2D eigenvalue weighted by atomic mass is 16.2. The number of urea groups is 1. The highest BCUT2D eigenvalue weighted by Gasteiger charge is 2.18. The Labute approximate surface area is 106 Å². The second kappa shape index (κ2) is 5.08. The van der Waals surface area contributed by atoms with E-state index in [0.29, 0.717) is 11.3 Å². The average molecular weight is 247 g/mol. The molecule has 1 fully saturated rings. The maximum Gasteiger partial charge on any atom is 0.321 e. The predicted octanol–water partition coefficient (Wildman–Crippen LogP) is 1.72. The Morgan fingerprint density at radius 2 is 1.94 bits per heavy atom. The van der Waals surface area contributed by atoms with Gasteiger partial charge in [-0.15, -0.1) is 0 Å². The zero-order valence-corrected chi connectivity index (χ0v) is 10.4. The summed E-state index contributed by atoms with van der Waals surface area (Å²) in [6, 6.07) is 5.05. The van der Waals surface area contributed by atoms with Gasteiger partial charge in [0.15, 0.2) is 0 Å². The molecule has 0 unspecified atom stereocenters. The first-order valence-electron chi connectivity index (χ1n) is 6.04. The van der Waals surface area contributed by atoms with E-state index in [-0.39, 0.29) is 6.03 Å². The second-order valence-electron chi connectivity index (χ2n) is 4.52. The maximum absolute atomic E-state index is 11.9. The third-order valence-electron chi connectivity index (χ3n) is 3.15. The van der Waals surface area contributed by atoms with Crippen molar-refractivity contribution in [1.82, 2.24) is 4.90 Å². The summed E-state index contributed by atoms with van der Waals surface area (Å²) in [5.41, 5.74) is 7.12. The fourth-order valence-electron chi connectivity index (χ4n) is 2.09. The number of benzene rings is 1. The Balaban J connectivity index is 2.11. The van der Waals surface area contributed by atoms with E-state index in [2.05, 4.69) is 5.32 Å². The van der Waals surface area contributed by atoms with E-state index in [9.17, 15) is 9.59 Å². The molecule has 3 amide bonds. The second-order valence-corrected chi connectivity index (χ2v) is 4.52. The van der Waals surface area contributed by atoms with Crippen LogP contribution in [0.25, 0.3) is 0 Å². The lowest BCUT2D eigenvalue weighted by Crippen LogP contribution is -2.32. The number of nitrogens with zero attached hydrogens (tertiary/aromatic N) is 1. The van der Waals surface area contributed by atoms with Crippen molar-refractivity contribution in [2.24, 2.45) is 5.73 Å². The summed E-state index contributed by atoms with van der Waals surface area (Å²) in [5.74, 6) is -0.482. The Morgan fingerprint density at radius 3 is 2.56 bits per heavy atom. The number of hydrogen-bond donors (Lipinski definition) is 2. The number of primary amides is 1. The summed E-state index contributed by atoms with van der Waals surface area (Å²) in [6.07, 6.45) is 2.10. The van der Waals surface area contributed by atoms with Crippen molar-refractivity contribution in [3.8, 4) is 0 Å². The van der Waals surface area contributed by atoms with Gasteiger partial charge in [-0.3, -0.25) is 4.79 Å². The average Bonchev–Trinajstić information content (AvgIpc) is 2.85. The Bertz CT molecular complexity index is 479. The van der Waals surface area contributed by atoms with E-state index in [4.69, 9.17) is 5.73 Å². The van der Waals surface area contributed by atoms with Crippen LogP contribution in [-0.2, 0) is 0 Å². The number of nitrogens with one attached hydrogen (secondary N) is 1. The quantitative estimate of drug-likeness (QED) is 0.835. The Morgan fingerprint density at radius 1 is 1.28 bits per heavy atom. The number of carbonyl (C=O) groups excluding carboxylic acids is 2. The molecule has 2 rings (SSSR count). The number of hydrogen-bond acceptors (Lipinski definition) is 2. The molecule has 0 aliphatic carbocycles. The lowest BCUT2D eigenvalue weighted by atomic mass is 10.1. The van der Waals surface area contributed by atoms with E-state index < -0.39 is 5.91 Å². The Hall–Kier alpha value is -2.04. The molecule has 1 heterocycles. The molecule has 1 saturated heterocycles. The largest absolute Gasteiger partial charge is 0.366 e. The number of amides is 3. The summed E-state index contributed by atoms with van der Waals surface area (Å²) in [5, 5.41) is 2.79. The lowest BCUT2D eigenvalue weighted by Gasteiger charge is -2.16. The third kappa shape index (κ3) is 2.61. The van der Waals surface area contributed by atoms with Gasteiger partial charge in [0.05, 0.1) is 0 Å². The van der Waals surface area contributed by atoms with Crippen LogP contribution in [0.2, 0.25) is 0 Å². The zero-order valence-electron chi connectivity index (χ0n) is 10.4. The standard InChI is InChI=1S/C13H17N3O2/c1-9-4-5-10(8-11(9)12(14)17)15-13(18)16-6-2-3-7-16/h4-5,8H,2-3,6-7H2,1H3,(H2,14,17)(H,15,18). The van der Waals surface area contributed by atoms with Crippen LogP contribution < -0.4 is 11.1 Å². The van der Waals surface area contributed by atoms with Gasteiger partial charge in [-0.25, -0.2) is 4.79 Å². The number of likely N-dealkylation sites (tertiary alicyclic amines) is 1. The minimum Gasteiger partial charge on any atom is -0.366 e. The van der Waals surface area contributed by atoms with Gasteiger partial charge in [0.25, 0.3) is 0 Å². The number of rotatable bonds is 2. The molecule has 5 heteroatoms. The summed E-state index contributed by atoms with van der Waals surface area (Å²) < 4.78 is 0. The molecule has 1 aliphatic heterocycles. The molecule has 0 spiro atoms. The van der Waals surface area contributed by atoms with Gasteiger partial charge in [-0.2, -0.15) is 0 Å². The molecular weight excluding hydrogens is 230 g/mol. The first kappa shape index (κ1) is 12.4. The Kier molecular flexibility index (Phi) is 3.50. The van der Waals surface area contributed by atoms with Crippen LogP contribution in [0.15, 0.2) is 18.2 Å². The van der Waals surface area contributed by atoms with E-state index in [1.165, 1.54) is 0 Å². The molecule has 1 aromatic carbocycles. The van der Waals surface area contributed by atoms with E-state index in [1.807, 2.05) is 6.92 Å². The van der Waals surface area contributed by atoms with Crippen molar-refractivity contribution in [3.05, 3.63) is 29.3 Å². The first-order chi connectivity index (χ1) is 8.58. The molecule has 96 valence electrons. The zero-order chi connectivity index (χ0) is 13.1. The van der Waals surface area contributed by atoms with Gasteiger partial charge in [-0.1, -0.05) is 6.07 Å². The molecule has 0 bridgehead atoms. The third-order valence-corrected chi connectivity index (χ3v) is 3.15. The van der Waals surface area contributed by atoms with Gasteiger partial charge < -0.3 is 16.0 Å². The van der Waals surface area contributed by atoms with Crippen LogP contribution in [0.3, 0.4) is 0 Å². The predicted molar refractivity (Wildman–Crippen MR) is 69.5 cm³/mol. The van der Waals surface area contributed by atoms with Gasteiger partial charge >= 0.3 is 6.03 Å². The van der Waals surface area contributed by atoms with Crippen LogP contribution in [0, 0.1) is 6.92 Å². The van der Waals surface area contributed by atoms with Crippen LogP contribution >= 0.6 is 0 Å².